The zero-order valence-corrected chi connectivity index (χ0v) is 7.84. The van der Waals surface area contributed by atoms with Crippen LogP contribution in [-0.4, -0.2) is 6.04 Å². The highest BCUT2D eigenvalue weighted by atomic mass is 14.7. The van der Waals surface area contributed by atoms with Crippen molar-refractivity contribution in [2.24, 2.45) is 23.5 Å². The molecule has 2 N–H and O–H groups in total. The van der Waals surface area contributed by atoms with Gasteiger partial charge in [0.15, 0.2) is 0 Å². The van der Waals surface area contributed by atoms with E-state index in [1.54, 1.807) is 0 Å². The topological polar surface area (TPSA) is 26.0 Å². The summed E-state index contributed by atoms with van der Waals surface area (Å²) in [6, 6.07) is 0.461. The van der Waals surface area contributed by atoms with Crippen LogP contribution in [0, 0.1) is 24.7 Å². The van der Waals surface area contributed by atoms with Gasteiger partial charge in [-0.15, -0.1) is 0 Å². The highest BCUT2D eigenvalue weighted by molar-refractivity contribution is 4.96. The molecule has 2 fully saturated rings. The summed E-state index contributed by atoms with van der Waals surface area (Å²) in [7, 11) is 0. The Hall–Kier alpha value is -0.0400. The third kappa shape index (κ3) is 1.82. The number of hydrogen-bond acceptors (Lipinski definition) is 1. The van der Waals surface area contributed by atoms with Gasteiger partial charge in [0.1, 0.15) is 0 Å². The van der Waals surface area contributed by atoms with E-state index in [1.807, 2.05) is 0 Å². The van der Waals surface area contributed by atoms with Crippen LogP contribution in [0.5, 0.6) is 0 Å². The molecule has 0 aliphatic heterocycles. The van der Waals surface area contributed by atoms with Gasteiger partial charge in [-0.2, -0.15) is 0 Å². The SMILES string of the molecule is [CH2]CCC(N)C(C1CC1)C1CC1. The van der Waals surface area contributed by atoms with Crippen LogP contribution in [0.2, 0.25) is 0 Å². The van der Waals surface area contributed by atoms with E-state index in [0.29, 0.717) is 6.04 Å². The van der Waals surface area contributed by atoms with Crippen molar-refractivity contribution < 1.29 is 0 Å². The Balaban J connectivity index is 1.85. The summed E-state index contributed by atoms with van der Waals surface area (Å²) in [6.45, 7) is 3.89. The van der Waals surface area contributed by atoms with Gasteiger partial charge in [0.2, 0.25) is 0 Å². The zero-order chi connectivity index (χ0) is 8.55. The van der Waals surface area contributed by atoms with Crippen LogP contribution < -0.4 is 5.73 Å². The maximum atomic E-state index is 6.17. The average molecular weight is 166 g/mol. The summed E-state index contributed by atoms with van der Waals surface area (Å²) in [6.07, 6.45) is 7.95. The highest BCUT2D eigenvalue weighted by Crippen LogP contribution is 2.50. The van der Waals surface area contributed by atoms with Crippen LogP contribution in [-0.2, 0) is 0 Å². The third-order valence-corrected chi connectivity index (χ3v) is 3.36. The predicted octanol–water partition coefficient (Wildman–Crippen LogP) is 2.36. The van der Waals surface area contributed by atoms with Crippen molar-refractivity contribution in [1.82, 2.24) is 0 Å². The Labute approximate surface area is 75.7 Å². The molecule has 0 aromatic carbocycles. The zero-order valence-electron chi connectivity index (χ0n) is 7.84. The second-order valence-corrected chi connectivity index (χ2v) is 4.56. The van der Waals surface area contributed by atoms with Crippen LogP contribution in [0.4, 0.5) is 0 Å². The van der Waals surface area contributed by atoms with E-state index in [0.717, 1.165) is 30.6 Å². The predicted molar refractivity (Wildman–Crippen MR) is 51.5 cm³/mol. The fourth-order valence-corrected chi connectivity index (χ4v) is 2.47. The monoisotopic (exact) mass is 166 g/mol. The Bertz CT molecular complexity index is 135. The number of nitrogens with two attached hydrogens (primary N) is 1. The molecule has 69 valence electrons. The summed E-state index contributed by atoms with van der Waals surface area (Å²) in [5.41, 5.74) is 6.17. The van der Waals surface area contributed by atoms with E-state index < -0.39 is 0 Å². The van der Waals surface area contributed by atoms with E-state index >= 15 is 0 Å². The van der Waals surface area contributed by atoms with Gasteiger partial charge in [0.25, 0.3) is 0 Å². The highest BCUT2D eigenvalue weighted by Gasteiger charge is 2.43. The Morgan fingerprint density at radius 2 is 1.67 bits per heavy atom. The lowest BCUT2D eigenvalue weighted by Gasteiger charge is -2.22. The van der Waals surface area contributed by atoms with Gasteiger partial charge in [-0.3, -0.25) is 0 Å². The molecule has 1 radical (unpaired) electrons. The van der Waals surface area contributed by atoms with Crippen molar-refractivity contribution in [2.75, 3.05) is 0 Å². The lowest BCUT2D eigenvalue weighted by Crippen LogP contribution is -2.32. The largest absolute Gasteiger partial charge is 0.327 e. The molecule has 0 bridgehead atoms. The first-order valence-corrected chi connectivity index (χ1v) is 5.37. The third-order valence-electron chi connectivity index (χ3n) is 3.36. The lowest BCUT2D eigenvalue weighted by atomic mass is 9.88. The minimum atomic E-state index is 0.461. The molecule has 1 unspecified atom stereocenters. The van der Waals surface area contributed by atoms with Crippen LogP contribution in [0.25, 0.3) is 0 Å². The average Bonchev–Trinajstić information content (AvgIpc) is 2.80. The maximum Gasteiger partial charge on any atom is 0.00724 e. The normalized spacial score (nSPS) is 26.2. The van der Waals surface area contributed by atoms with Crippen molar-refractivity contribution in [3.05, 3.63) is 6.92 Å². The van der Waals surface area contributed by atoms with Crippen molar-refractivity contribution >= 4 is 0 Å². The molecule has 1 heteroatoms. The molecular weight excluding hydrogens is 146 g/mol. The van der Waals surface area contributed by atoms with Crippen molar-refractivity contribution in [2.45, 2.75) is 44.6 Å². The number of hydrogen-bond donors (Lipinski definition) is 1. The van der Waals surface area contributed by atoms with Gasteiger partial charge in [-0.25, -0.2) is 0 Å². The Morgan fingerprint density at radius 1 is 1.17 bits per heavy atom. The second kappa shape index (κ2) is 3.37. The molecule has 1 atom stereocenters. The molecule has 2 rings (SSSR count). The lowest BCUT2D eigenvalue weighted by molar-refractivity contribution is 0.318. The van der Waals surface area contributed by atoms with Gasteiger partial charge in [-0.05, 0) is 49.9 Å². The molecule has 0 heterocycles. The van der Waals surface area contributed by atoms with E-state index in [1.165, 1.54) is 25.7 Å². The van der Waals surface area contributed by atoms with E-state index in [9.17, 15) is 0 Å². The maximum absolute atomic E-state index is 6.17. The summed E-state index contributed by atoms with van der Waals surface area (Å²) >= 11 is 0. The van der Waals surface area contributed by atoms with Crippen LogP contribution in [0.3, 0.4) is 0 Å². The minimum absolute atomic E-state index is 0.461. The molecule has 12 heavy (non-hydrogen) atoms. The summed E-state index contributed by atoms with van der Waals surface area (Å²) in [5.74, 6) is 2.87. The van der Waals surface area contributed by atoms with Gasteiger partial charge >= 0.3 is 0 Å². The summed E-state index contributed by atoms with van der Waals surface area (Å²) < 4.78 is 0. The summed E-state index contributed by atoms with van der Waals surface area (Å²) in [4.78, 5) is 0. The van der Waals surface area contributed by atoms with Crippen molar-refractivity contribution in [1.29, 1.82) is 0 Å². The van der Waals surface area contributed by atoms with Gasteiger partial charge in [0, 0.05) is 6.04 Å². The molecule has 0 aromatic heterocycles. The Morgan fingerprint density at radius 3 is 2.00 bits per heavy atom. The van der Waals surface area contributed by atoms with E-state index in [-0.39, 0.29) is 0 Å². The Kier molecular flexibility index (Phi) is 2.40. The molecule has 0 spiro atoms. The molecule has 2 saturated carbocycles. The fourth-order valence-electron chi connectivity index (χ4n) is 2.47. The summed E-state index contributed by atoms with van der Waals surface area (Å²) in [5, 5.41) is 0. The van der Waals surface area contributed by atoms with E-state index in [4.69, 9.17) is 5.73 Å². The standard InChI is InChI=1S/C11H20N/c1-2-3-10(12)11(8-4-5-8)9-6-7-9/h8-11H,1-7,12H2. The molecule has 2 aliphatic rings. The fraction of sp³-hybridized carbons (Fsp3) is 0.909. The molecule has 0 saturated heterocycles. The van der Waals surface area contributed by atoms with Crippen LogP contribution in [0.15, 0.2) is 0 Å². The minimum Gasteiger partial charge on any atom is -0.327 e. The van der Waals surface area contributed by atoms with Gasteiger partial charge < -0.3 is 5.73 Å². The molecule has 1 nitrogen and oxygen atoms in total. The smallest absolute Gasteiger partial charge is 0.00724 e. The first-order valence-electron chi connectivity index (χ1n) is 5.37. The first kappa shape index (κ1) is 8.55. The van der Waals surface area contributed by atoms with E-state index in [2.05, 4.69) is 6.92 Å². The van der Waals surface area contributed by atoms with Gasteiger partial charge in [0.05, 0.1) is 0 Å². The number of rotatable bonds is 5. The van der Waals surface area contributed by atoms with Crippen LogP contribution in [0.1, 0.15) is 38.5 Å². The molecular formula is C11H20N. The second-order valence-electron chi connectivity index (χ2n) is 4.56. The molecule has 2 aliphatic carbocycles. The van der Waals surface area contributed by atoms with Crippen molar-refractivity contribution in [3.63, 3.8) is 0 Å². The van der Waals surface area contributed by atoms with Crippen LogP contribution >= 0.6 is 0 Å². The molecule has 0 amide bonds. The quantitative estimate of drug-likeness (QED) is 0.666. The van der Waals surface area contributed by atoms with Gasteiger partial charge in [-0.1, -0.05) is 13.3 Å². The molecule has 0 aromatic rings. The first-order chi connectivity index (χ1) is 5.83. The van der Waals surface area contributed by atoms with Crippen molar-refractivity contribution in [3.8, 4) is 0 Å².